The molecule has 0 saturated carbocycles. The van der Waals surface area contributed by atoms with Gasteiger partial charge < -0.3 is 50.8 Å². The van der Waals surface area contributed by atoms with Crippen LogP contribution in [-0.2, 0) is 52.6 Å². The largest absolute Gasteiger partial charge is 0.478 e. The van der Waals surface area contributed by atoms with Gasteiger partial charge >= 0.3 is 21.3 Å². The molecule has 2 fully saturated rings. The van der Waals surface area contributed by atoms with Crippen molar-refractivity contribution in [2.45, 2.75) is 49.1 Å². The van der Waals surface area contributed by atoms with E-state index in [9.17, 15) is 48.4 Å². The maximum Gasteiger partial charge on any atom is 0.478 e. The van der Waals surface area contributed by atoms with Crippen molar-refractivity contribution >= 4 is 64.9 Å². The van der Waals surface area contributed by atoms with Crippen LogP contribution in [-0.4, -0.2) is 124 Å². The summed E-state index contributed by atoms with van der Waals surface area (Å²) in [4.78, 5) is 61.3. The zero-order valence-electron chi connectivity index (χ0n) is 27.1. The number of hydrogen-bond donors (Lipinski definition) is 9. The maximum absolute atomic E-state index is 12.7. The number of imidazole rings is 2. The minimum Gasteiger partial charge on any atom is -0.387 e. The fraction of sp³-hybridized carbons (Fsp3) is 0.545. The van der Waals surface area contributed by atoms with Gasteiger partial charge in [-0.1, -0.05) is 4.98 Å². The van der Waals surface area contributed by atoms with E-state index in [4.69, 9.17) is 37.8 Å². The quantitative estimate of drug-likeness (QED) is 0.0356. The van der Waals surface area contributed by atoms with Crippen LogP contribution < -0.4 is 27.2 Å². The Morgan fingerprint density at radius 2 is 1.53 bits per heavy atom. The zero-order valence-corrected chi connectivity index (χ0v) is 29.8. The molecule has 31 heteroatoms. The lowest BCUT2D eigenvalue weighted by molar-refractivity contribution is -0.746. The van der Waals surface area contributed by atoms with Crippen molar-refractivity contribution in [3.05, 3.63) is 33.4 Å². The van der Waals surface area contributed by atoms with E-state index in [2.05, 4.69) is 38.1 Å². The number of ether oxygens (including phenoxy) is 3. The summed E-state index contributed by atoms with van der Waals surface area (Å²) in [5.74, 6) is -0.515. The number of anilines is 2. The number of nitrogens with one attached hydrogen (secondary N) is 2. The fourth-order valence-electron chi connectivity index (χ4n) is 5.70. The van der Waals surface area contributed by atoms with Crippen molar-refractivity contribution in [1.29, 1.82) is 0 Å². The highest BCUT2D eigenvalue weighted by Crippen LogP contribution is 2.67. The predicted molar refractivity (Wildman–Crippen MR) is 172 cm³/mol. The molecule has 2 saturated heterocycles. The molecule has 27 nitrogen and oxygen atoms in total. The molecular formula is C22H31BN10O17P3+. The van der Waals surface area contributed by atoms with Crippen molar-refractivity contribution in [2.75, 3.05) is 31.8 Å². The summed E-state index contributed by atoms with van der Waals surface area (Å²) in [6, 6.07) is 0. The summed E-state index contributed by atoms with van der Waals surface area (Å²) in [6.07, 6.45) is -9.44. The Labute approximate surface area is 295 Å². The van der Waals surface area contributed by atoms with Gasteiger partial charge in [-0.2, -0.15) is 4.98 Å². The second-order valence-electron chi connectivity index (χ2n) is 11.6. The number of H-pyrrole nitrogens is 2. The number of aliphatic hydroxyl groups is 3. The van der Waals surface area contributed by atoms with Crippen LogP contribution in [0.1, 0.15) is 12.5 Å². The number of phosphoric acid groups is 2. The number of fused-ring (bicyclic) bond motifs is 2. The van der Waals surface area contributed by atoms with Gasteiger partial charge in [-0.25, -0.2) is 27.3 Å². The zero-order chi connectivity index (χ0) is 38.8. The molecule has 2 aliphatic heterocycles. The van der Waals surface area contributed by atoms with Gasteiger partial charge in [-0.05, 0) is 0 Å². The van der Waals surface area contributed by atoms with Crippen molar-refractivity contribution < 1.29 is 75.2 Å². The first-order valence-corrected chi connectivity index (χ1v) is 19.4. The lowest BCUT2D eigenvalue weighted by Gasteiger charge is -2.22. The number of aromatic nitrogens is 8. The third-order valence-electron chi connectivity index (χ3n) is 7.95. The topological polar surface area (TPSA) is 387 Å². The third-order valence-corrected chi connectivity index (χ3v) is 12.4. The minimum atomic E-state index is -5.55. The van der Waals surface area contributed by atoms with E-state index < -0.39 is 96.5 Å². The van der Waals surface area contributed by atoms with Crippen LogP contribution >= 0.6 is 23.1 Å². The van der Waals surface area contributed by atoms with Gasteiger partial charge in [0.1, 0.15) is 36.6 Å². The Bertz CT molecular complexity index is 2300. The van der Waals surface area contributed by atoms with Crippen molar-refractivity contribution in [3.8, 4) is 0 Å². The van der Waals surface area contributed by atoms with E-state index in [0.717, 1.165) is 10.9 Å². The lowest BCUT2D eigenvalue weighted by Crippen LogP contribution is -2.47. The first kappa shape index (κ1) is 39.3. The summed E-state index contributed by atoms with van der Waals surface area (Å²) in [5, 5.41) is 31.9. The standard InChI is InChI=1S/C22H30BN10O17P3/c1-31-6-33(16-10(31)18(38)30-22(25)28-16)20-14(44-2)12(35)8(48-20)4-46-53(42,43)50-51(23,39)49-52(40,41)45-3-7-11(34)13(36)19(47-7)32-5-26-9-15(32)27-21(24)29-17(9)37/h5-8,11-14,19-20,34-36H,3-4H2,1-2H3,(H7-,24,25,27,28,29,30,37,38,40,41,42,43)/p+1/t7-,8-,11+,12?,13?,14+,19-,20-,51?/m1/s1. The molecule has 53 heavy (non-hydrogen) atoms. The molecule has 4 aromatic rings. The number of aryl methyl sites for hydroxylation is 1. The van der Waals surface area contributed by atoms with Gasteiger partial charge in [0, 0.05) is 7.11 Å². The van der Waals surface area contributed by atoms with Crippen molar-refractivity contribution in [2.24, 2.45) is 7.05 Å². The van der Waals surface area contributed by atoms with Gasteiger partial charge in [0.05, 0.1) is 26.6 Å². The van der Waals surface area contributed by atoms with Crippen LogP contribution in [0.3, 0.4) is 0 Å². The normalized spacial score (nSPS) is 29.7. The van der Waals surface area contributed by atoms with E-state index in [1.54, 1.807) is 0 Å². The summed E-state index contributed by atoms with van der Waals surface area (Å²) in [6.45, 7) is -1.97. The highest BCUT2D eigenvalue weighted by Gasteiger charge is 2.50. The van der Waals surface area contributed by atoms with Crippen LogP contribution in [0.2, 0.25) is 0 Å². The van der Waals surface area contributed by atoms with Crippen LogP contribution in [0.25, 0.3) is 22.3 Å². The van der Waals surface area contributed by atoms with Crippen molar-refractivity contribution in [1.82, 2.24) is 34.1 Å². The highest BCUT2D eigenvalue weighted by molar-refractivity contribution is 7.86. The number of nitrogens with zero attached hydrogens (tertiary/aromatic N) is 6. The Morgan fingerprint density at radius 1 is 0.943 bits per heavy atom. The van der Waals surface area contributed by atoms with Gasteiger partial charge in [-0.3, -0.25) is 42.3 Å². The van der Waals surface area contributed by atoms with Crippen molar-refractivity contribution in [3.63, 3.8) is 0 Å². The van der Waals surface area contributed by atoms with E-state index in [-0.39, 0.29) is 34.2 Å². The van der Waals surface area contributed by atoms with E-state index >= 15 is 0 Å². The average Bonchev–Trinajstić information content (AvgIpc) is 3.77. The van der Waals surface area contributed by atoms with E-state index in [0.29, 0.717) is 0 Å². The number of rotatable bonds is 13. The summed E-state index contributed by atoms with van der Waals surface area (Å²) in [5.41, 5.74) is 9.77. The SMILES string of the molecule is [B]P(=O)(OP(=O)(O)OC[C@H]1O[C@@H]([n+]2cn(C)c3c(=O)[nH]c(N)nc32)[C@@H](OC)C1O)OP(=O)(O)OC[C@H]1O[C@@H](n2cnc3c(=O)[nH]c(N)nc32)C(O)[C@H]1O. The Morgan fingerprint density at radius 3 is 2.15 bits per heavy atom. The number of phosphoric ester groups is 2. The molecule has 6 rings (SSSR count). The first-order chi connectivity index (χ1) is 24.7. The fourth-order valence-corrected chi connectivity index (χ4v) is 9.44. The van der Waals surface area contributed by atoms with E-state index in [1.165, 1.54) is 29.6 Å². The molecular weight excluding hydrogens is 780 g/mol. The number of methoxy groups -OCH3 is 1. The molecule has 11 N–H and O–H groups in total. The Kier molecular flexibility index (Phi) is 10.6. The first-order valence-electron chi connectivity index (χ1n) is 14.8. The number of nitrogen functional groups attached to an aromatic ring is 2. The lowest BCUT2D eigenvalue weighted by atomic mass is 10.1. The predicted octanol–water partition coefficient (Wildman–Crippen LogP) is -3.72. The molecule has 0 amide bonds. The number of aliphatic hydroxyl groups excluding tert-OH is 3. The highest BCUT2D eigenvalue weighted by atomic mass is 31.3. The third kappa shape index (κ3) is 7.89. The molecule has 11 atom stereocenters. The van der Waals surface area contributed by atoms with Crippen LogP contribution in [0.15, 0.2) is 22.2 Å². The molecule has 0 aliphatic carbocycles. The van der Waals surface area contributed by atoms with Crippen LogP contribution in [0.5, 0.6) is 0 Å². The van der Waals surface area contributed by atoms with Gasteiger partial charge in [0.2, 0.25) is 25.3 Å². The van der Waals surface area contributed by atoms with E-state index in [1.807, 2.05) is 0 Å². The Balaban J connectivity index is 1.06. The number of aromatic amines is 2. The second kappa shape index (κ2) is 14.3. The minimum absolute atomic E-state index is 0.0418. The number of nitrogens with two attached hydrogens (primary N) is 2. The molecule has 5 unspecified atom stereocenters. The molecule has 288 valence electrons. The van der Waals surface area contributed by atoms with Gasteiger partial charge in [0.25, 0.3) is 24.5 Å². The second-order valence-corrected chi connectivity index (χ2v) is 16.3. The Hall–Kier alpha value is -3.43. The van der Waals surface area contributed by atoms with Crippen LogP contribution in [0, 0.1) is 0 Å². The summed E-state index contributed by atoms with van der Waals surface area (Å²) < 4.78 is 76.4. The molecule has 0 spiro atoms. The number of hydrogen-bond acceptors (Lipinski definition) is 20. The maximum atomic E-state index is 12.7. The average molecular weight is 811 g/mol. The molecule has 6 heterocycles. The molecule has 2 radical (unpaired) electrons. The summed E-state index contributed by atoms with van der Waals surface area (Å²) in [7, 11) is -8.54. The monoisotopic (exact) mass is 811 g/mol. The molecule has 4 aromatic heterocycles. The smallest absolute Gasteiger partial charge is 0.387 e. The van der Waals surface area contributed by atoms with Crippen LogP contribution in [0.4, 0.5) is 11.9 Å². The molecule has 2 aliphatic rings. The summed E-state index contributed by atoms with van der Waals surface area (Å²) >= 11 is 0. The van der Waals surface area contributed by atoms with Gasteiger partial charge in [-0.15, -0.1) is 0 Å². The molecule has 0 bridgehead atoms. The van der Waals surface area contributed by atoms with Gasteiger partial charge in [0.15, 0.2) is 23.7 Å². The molecule has 0 aromatic carbocycles.